The van der Waals surface area contributed by atoms with Gasteiger partial charge in [-0.05, 0) is 24.1 Å². The van der Waals surface area contributed by atoms with Gasteiger partial charge in [-0.1, -0.05) is 19.9 Å². The van der Waals surface area contributed by atoms with Crippen molar-refractivity contribution in [1.29, 1.82) is 0 Å². The Kier molecular flexibility index (Phi) is 4.74. The highest BCUT2D eigenvalue weighted by Gasteiger charge is 2.14. The molecule has 2 aromatic heterocycles. The molecule has 0 bridgehead atoms. The van der Waals surface area contributed by atoms with Gasteiger partial charge in [-0.3, -0.25) is 9.67 Å². The molecular weight excluding hydrogens is 288 g/mol. The largest absolute Gasteiger partial charge is 0.266 e. The Morgan fingerprint density at radius 2 is 2.10 bits per heavy atom. The highest BCUT2D eigenvalue weighted by atomic mass is 32.2. The zero-order chi connectivity index (χ0) is 15.5. The third kappa shape index (κ3) is 4.37. The van der Waals surface area contributed by atoms with Crippen molar-refractivity contribution in [3.05, 3.63) is 36.2 Å². The monoisotopic (exact) mass is 308 g/mol. The number of hydrogen-bond donors (Lipinski definition) is 1. The SMILES string of the molecule is CC(C)CS(=O)(=O)NCc1cc(-c2ccccn2)n(C)n1. The fraction of sp³-hybridized carbons (Fsp3) is 0.429. The van der Waals surface area contributed by atoms with Crippen molar-refractivity contribution < 1.29 is 8.42 Å². The van der Waals surface area contributed by atoms with Crippen LogP contribution >= 0.6 is 0 Å². The molecule has 1 N–H and O–H groups in total. The molecule has 0 aliphatic rings. The minimum Gasteiger partial charge on any atom is -0.266 e. The Morgan fingerprint density at radius 3 is 2.71 bits per heavy atom. The second kappa shape index (κ2) is 6.36. The topological polar surface area (TPSA) is 76.9 Å². The van der Waals surface area contributed by atoms with E-state index >= 15 is 0 Å². The van der Waals surface area contributed by atoms with Gasteiger partial charge in [0.05, 0.1) is 29.4 Å². The summed E-state index contributed by atoms with van der Waals surface area (Å²) in [6.45, 7) is 3.94. The molecule has 0 aliphatic carbocycles. The Bertz CT molecular complexity index is 693. The van der Waals surface area contributed by atoms with Crippen LogP contribution in [0.3, 0.4) is 0 Å². The Labute approximate surface area is 125 Å². The lowest BCUT2D eigenvalue weighted by Gasteiger charge is -2.07. The van der Waals surface area contributed by atoms with Gasteiger partial charge in [0.15, 0.2) is 0 Å². The molecule has 0 saturated heterocycles. The number of nitrogens with zero attached hydrogens (tertiary/aromatic N) is 3. The summed E-state index contributed by atoms with van der Waals surface area (Å²) in [6.07, 6.45) is 1.72. The predicted octanol–water partition coefficient (Wildman–Crippen LogP) is 1.56. The molecule has 114 valence electrons. The molecule has 0 spiro atoms. The van der Waals surface area contributed by atoms with E-state index in [1.54, 1.807) is 10.9 Å². The predicted molar refractivity (Wildman–Crippen MR) is 81.9 cm³/mol. The summed E-state index contributed by atoms with van der Waals surface area (Å²) in [7, 11) is -1.45. The minimum absolute atomic E-state index is 0.0929. The molecular formula is C14H20N4O2S. The second-order valence-electron chi connectivity index (χ2n) is 5.36. The van der Waals surface area contributed by atoms with Crippen LogP contribution in [-0.2, 0) is 23.6 Å². The van der Waals surface area contributed by atoms with Crippen molar-refractivity contribution in [3.8, 4) is 11.4 Å². The van der Waals surface area contributed by atoms with Gasteiger partial charge < -0.3 is 0 Å². The molecule has 2 aromatic rings. The number of sulfonamides is 1. The van der Waals surface area contributed by atoms with E-state index in [1.807, 2.05) is 45.2 Å². The molecule has 0 fully saturated rings. The number of nitrogens with one attached hydrogen (secondary N) is 1. The Hall–Kier alpha value is -1.73. The summed E-state index contributed by atoms with van der Waals surface area (Å²) < 4.78 is 27.9. The highest BCUT2D eigenvalue weighted by molar-refractivity contribution is 7.89. The molecule has 0 unspecified atom stereocenters. The van der Waals surface area contributed by atoms with Gasteiger partial charge in [-0.25, -0.2) is 13.1 Å². The standard InChI is InChI=1S/C14H20N4O2S/c1-11(2)10-21(19,20)16-9-12-8-14(18(3)17-12)13-6-4-5-7-15-13/h4-8,11,16H,9-10H2,1-3H3. The third-order valence-corrected chi connectivity index (χ3v) is 4.57. The van der Waals surface area contributed by atoms with E-state index in [9.17, 15) is 8.42 Å². The summed E-state index contributed by atoms with van der Waals surface area (Å²) in [5.74, 6) is 0.211. The van der Waals surface area contributed by atoms with Crippen molar-refractivity contribution in [2.75, 3.05) is 5.75 Å². The summed E-state index contributed by atoms with van der Waals surface area (Å²) in [5, 5.41) is 4.32. The van der Waals surface area contributed by atoms with E-state index in [2.05, 4.69) is 14.8 Å². The molecule has 0 aromatic carbocycles. The lowest BCUT2D eigenvalue weighted by Crippen LogP contribution is -2.28. The average Bonchev–Trinajstić information content (AvgIpc) is 2.78. The first-order valence-corrected chi connectivity index (χ1v) is 8.44. The van der Waals surface area contributed by atoms with E-state index in [0.717, 1.165) is 11.4 Å². The number of pyridine rings is 1. The second-order valence-corrected chi connectivity index (χ2v) is 7.21. The van der Waals surface area contributed by atoms with Crippen LogP contribution in [0.1, 0.15) is 19.5 Å². The third-order valence-electron chi connectivity index (χ3n) is 2.88. The molecule has 0 aliphatic heterocycles. The lowest BCUT2D eigenvalue weighted by atomic mass is 10.2. The van der Waals surface area contributed by atoms with Gasteiger partial charge in [-0.15, -0.1) is 0 Å². The van der Waals surface area contributed by atoms with Gasteiger partial charge in [0.2, 0.25) is 10.0 Å². The molecule has 6 nitrogen and oxygen atoms in total. The number of aromatic nitrogens is 3. The first kappa shape index (κ1) is 15.7. The van der Waals surface area contributed by atoms with Crippen molar-refractivity contribution in [2.24, 2.45) is 13.0 Å². The van der Waals surface area contributed by atoms with Crippen molar-refractivity contribution in [3.63, 3.8) is 0 Å². The van der Waals surface area contributed by atoms with Crippen molar-refractivity contribution in [1.82, 2.24) is 19.5 Å². The molecule has 0 amide bonds. The molecule has 21 heavy (non-hydrogen) atoms. The van der Waals surface area contributed by atoms with E-state index < -0.39 is 10.0 Å². The van der Waals surface area contributed by atoms with Crippen LogP contribution in [0.25, 0.3) is 11.4 Å². The zero-order valence-electron chi connectivity index (χ0n) is 12.4. The number of rotatable bonds is 6. The van der Waals surface area contributed by atoms with Crippen LogP contribution in [0.5, 0.6) is 0 Å². The molecule has 0 saturated carbocycles. The summed E-state index contributed by atoms with van der Waals surface area (Å²) in [4.78, 5) is 4.27. The smallest absolute Gasteiger partial charge is 0.212 e. The maximum Gasteiger partial charge on any atom is 0.212 e. The summed E-state index contributed by atoms with van der Waals surface area (Å²) in [6, 6.07) is 7.49. The Balaban J connectivity index is 2.10. The molecule has 0 atom stereocenters. The maximum atomic E-state index is 11.8. The number of hydrogen-bond acceptors (Lipinski definition) is 4. The van der Waals surface area contributed by atoms with Crippen LogP contribution in [0.4, 0.5) is 0 Å². The van der Waals surface area contributed by atoms with Gasteiger partial charge in [-0.2, -0.15) is 5.10 Å². The summed E-state index contributed by atoms with van der Waals surface area (Å²) in [5.41, 5.74) is 2.34. The van der Waals surface area contributed by atoms with Crippen molar-refractivity contribution in [2.45, 2.75) is 20.4 Å². The Morgan fingerprint density at radius 1 is 1.33 bits per heavy atom. The van der Waals surface area contributed by atoms with E-state index in [4.69, 9.17) is 0 Å². The van der Waals surface area contributed by atoms with Crippen LogP contribution < -0.4 is 4.72 Å². The zero-order valence-corrected chi connectivity index (χ0v) is 13.3. The van der Waals surface area contributed by atoms with Crippen molar-refractivity contribution >= 4 is 10.0 Å². The molecule has 2 rings (SSSR count). The fourth-order valence-corrected chi connectivity index (χ4v) is 3.41. The minimum atomic E-state index is -3.26. The van der Waals surface area contributed by atoms with E-state index in [1.165, 1.54) is 0 Å². The van der Waals surface area contributed by atoms with E-state index in [-0.39, 0.29) is 18.2 Å². The molecule has 7 heteroatoms. The average molecular weight is 308 g/mol. The first-order chi connectivity index (χ1) is 9.87. The maximum absolute atomic E-state index is 11.8. The summed E-state index contributed by atoms with van der Waals surface area (Å²) >= 11 is 0. The first-order valence-electron chi connectivity index (χ1n) is 6.79. The van der Waals surface area contributed by atoms with Crippen LogP contribution in [0.15, 0.2) is 30.5 Å². The molecule has 2 heterocycles. The lowest BCUT2D eigenvalue weighted by molar-refractivity contribution is 0.566. The van der Waals surface area contributed by atoms with Crippen LogP contribution in [0.2, 0.25) is 0 Å². The van der Waals surface area contributed by atoms with Gasteiger partial charge >= 0.3 is 0 Å². The number of aryl methyl sites for hydroxylation is 1. The van der Waals surface area contributed by atoms with Gasteiger partial charge in [0.25, 0.3) is 0 Å². The molecule has 0 radical (unpaired) electrons. The van der Waals surface area contributed by atoms with Gasteiger partial charge in [0.1, 0.15) is 0 Å². The fourth-order valence-electron chi connectivity index (χ4n) is 2.05. The van der Waals surface area contributed by atoms with Gasteiger partial charge in [0, 0.05) is 13.2 Å². The van der Waals surface area contributed by atoms with Crippen LogP contribution in [-0.4, -0.2) is 28.9 Å². The normalized spacial score (nSPS) is 12.0. The highest BCUT2D eigenvalue weighted by Crippen LogP contribution is 2.16. The van der Waals surface area contributed by atoms with Crippen LogP contribution in [0, 0.1) is 5.92 Å². The quantitative estimate of drug-likeness (QED) is 0.878. The van der Waals surface area contributed by atoms with E-state index in [0.29, 0.717) is 5.69 Å².